The maximum Gasteiger partial charge on any atom is 0.168 e. The van der Waals surface area contributed by atoms with Crippen molar-refractivity contribution in [1.82, 2.24) is 0 Å². The number of hydrogen-bond donors (Lipinski definition) is 0. The molecule has 2 nitrogen and oxygen atoms in total. The van der Waals surface area contributed by atoms with E-state index in [1.165, 1.54) is 12.8 Å². The predicted octanol–water partition coefficient (Wildman–Crippen LogP) is 2.07. The Kier molecular flexibility index (Phi) is 2.21. The van der Waals surface area contributed by atoms with Crippen LogP contribution in [0.1, 0.15) is 25.7 Å². The molecule has 2 fully saturated rings. The van der Waals surface area contributed by atoms with Gasteiger partial charge in [-0.05, 0) is 12.8 Å². The molecule has 1 spiro atoms. The summed E-state index contributed by atoms with van der Waals surface area (Å²) < 4.78 is 11.2. The van der Waals surface area contributed by atoms with Crippen LogP contribution in [0.4, 0.5) is 0 Å². The van der Waals surface area contributed by atoms with Gasteiger partial charge >= 0.3 is 0 Å². The van der Waals surface area contributed by atoms with Crippen LogP contribution in [0.15, 0.2) is 0 Å². The van der Waals surface area contributed by atoms with Gasteiger partial charge in [-0.2, -0.15) is 0 Å². The Morgan fingerprint density at radius 2 is 1.64 bits per heavy atom. The first kappa shape index (κ1) is 8.02. The largest absolute Gasteiger partial charge is 0.348 e. The Hall–Kier alpha value is 0.400. The Labute approximate surface area is 75.4 Å². The summed E-state index contributed by atoms with van der Waals surface area (Å²) in [4.78, 5) is 0.681. The molecule has 0 N–H and O–H groups in total. The lowest BCUT2D eigenvalue weighted by molar-refractivity contribution is -0.175. The third-order valence-electron chi connectivity index (χ3n) is 2.49. The van der Waals surface area contributed by atoms with Crippen molar-refractivity contribution in [3.8, 4) is 0 Å². The van der Waals surface area contributed by atoms with E-state index in [4.69, 9.17) is 9.47 Å². The number of rotatable bonds is 0. The zero-order chi connectivity index (χ0) is 7.73. The van der Waals surface area contributed by atoms with E-state index in [2.05, 4.69) is 15.9 Å². The highest BCUT2D eigenvalue weighted by Gasteiger charge is 2.39. The van der Waals surface area contributed by atoms with Crippen molar-refractivity contribution < 1.29 is 9.47 Å². The first-order valence-electron chi connectivity index (χ1n) is 4.23. The summed E-state index contributed by atoms with van der Waals surface area (Å²) in [6.07, 6.45) is 4.48. The lowest BCUT2D eigenvalue weighted by atomic mass is 9.94. The Bertz CT molecular complexity index is 133. The van der Waals surface area contributed by atoms with Crippen molar-refractivity contribution in [2.75, 3.05) is 13.2 Å². The standard InChI is InChI=1S/C8H13BrO2/c9-7-1-3-8(4-2-7)10-5-6-11-8/h7H,1-6H2. The second-order valence-corrected chi connectivity index (χ2v) is 4.58. The van der Waals surface area contributed by atoms with Gasteiger partial charge in [0.25, 0.3) is 0 Å². The second-order valence-electron chi connectivity index (χ2n) is 3.28. The summed E-state index contributed by atoms with van der Waals surface area (Å²) in [5, 5.41) is 0. The number of hydrogen-bond acceptors (Lipinski definition) is 2. The van der Waals surface area contributed by atoms with E-state index in [9.17, 15) is 0 Å². The van der Waals surface area contributed by atoms with Gasteiger partial charge in [-0.3, -0.25) is 0 Å². The van der Waals surface area contributed by atoms with Gasteiger partial charge in [-0.25, -0.2) is 0 Å². The van der Waals surface area contributed by atoms with Crippen LogP contribution < -0.4 is 0 Å². The minimum atomic E-state index is -0.176. The maximum absolute atomic E-state index is 5.59. The molecule has 0 radical (unpaired) electrons. The van der Waals surface area contributed by atoms with Gasteiger partial charge in [0.15, 0.2) is 5.79 Å². The SMILES string of the molecule is BrC1CCC2(CC1)OCCO2. The van der Waals surface area contributed by atoms with Gasteiger partial charge < -0.3 is 9.47 Å². The summed E-state index contributed by atoms with van der Waals surface area (Å²) in [6, 6.07) is 0. The molecule has 64 valence electrons. The van der Waals surface area contributed by atoms with E-state index in [-0.39, 0.29) is 5.79 Å². The van der Waals surface area contributed by atoms with E-state index < -0.39 is 0 Å². The highest BCUT2D eigenvalue weighted by Crippen LogP contribution is 2.37. The molecule has 0 atom stereocenters. The average Bonchev–Trinajstić information content (AvgIpc) is 2.45. The van der Waals surface area contributed by atoms with Crippen LogP contribution >= 0.6 is 15.9 Å². The fourth-order valence-corrected chi connectivity index (χ4v) is 2.27. The highest BCUT2D eigenvalue weighted by atomic mass is 79.9. The molecule has 1 saturated heterocycles. The Morgan fingerprint density at radius 3 is 2.18 bits per heavy atom. The molecule has 1 heterocycles. The molecule has 3 heteroatoms. The minimum absolute atomic E-state index is 0.176. The van der Waals surface area contributed by atoms with Crippen LogP contribution in [-0.2, 0) is 9.47 Å². The van der Waals surface area contributed by atoms with Crippen molar-refractivity contribution in [1.29, 1.82) is 0 Å². The molecular formula is C8H13BrO2. The van der Waals surface area contributed by atoms with E-state index in [1.54, 1.807) is 0 Å². The zero-order valence-electron chi connectivity index (χ0n) is 6.51. The third kappa shape index (κ3) is 1.60. The van der Waals surface area contributed by atoms with Crippen molar-refractivity contribution >= 4 is 15.9 Å². The van der Waals surface area contributed by atoms with Gasteiger partial charge in [0.05, 0.1) is 13.2 Å². The van der Waals surface area contributed by atoms with Crippen LogP contribution in [0.2, 0.25) is 0 Å². The normalized spacial score (nSPS) is 31.4. The van der Waals surface area contributed by atoms with E-state index in [0.717, 1.165) is 26.1 Å². The van der Waals surface area contributed by atoms with Crippen molar-refractivity contribution in [2.45, 2.75) is 36.3 Å². The smallest absolute Gasteiger partial charge is 0.168 e. The molecule has 11 heavy (non-hydrogen) atoms. The van der Waals surface area contributed by atoms with Crippen LogP contribution in [-0.4, -0.2) is 23.8 Å². The molecule has 0 aromatic rings. The van der Waals surface area contributed by atoms with Crippen LogP contribution in [0.3, 0.4) is 0 Å². The second kappa shape index (κ2) is 3.04. The summed E-state index contributed by atoms with van der Waals surface area (Å²) in [7, 11) is 0. The molecule has 0 aromatic heterocycles. The van der Waals surface area contributed by atoms with Crippen molar-refractivity contribution in [3.63, 3.8) is 0 Å². The Morgan fingerprint density at radius 1 is 1.09 bits per heavy atom. The monoisotopic (exact) mass is 220 g/mol. The predicted molar refractivity (Wildman–Crippen MR) is 45.8 cm³/mol. The lowest BCUT2D eigenvalue weighted by Crippen LogP contribution is -2.35. The minimum Gasteiger partial charge on any atom is -0.348 e. The van der Waals surface area contributed by atoms with Crippen LogP contribution in [0.25, 0.3) is 0 Å². The molecule has 0 bridgehead atoms. The highest BCUT2D eigenvalue weighted by molar-refractivity contribution is 9.09. The van der Waals surface area contributed by atoms with Gasteiger partial charge in [0.1, 0.15) is 0 Å². The molecule has 0 aromatic carbocycles. The number of ether oxygens (including phenoxy) is 2. The van der Waals surface area contributed by atoms with Crippen LogP contribution in [0.5, 0.6) is 0 Å². The molecule has 1 aliphatic carbocycles. The van der Waals surface area contributed by atoms with E-state index in [1.807, 2.05) is 0 Å². The number of alkyl halides is 1. The van der Waals surface area contributed by atoms with Gasteiger partial charge in [0.2, 0.25) is 0 Å². The third-order valence-corrected chi connectivity index (χ3v) is 3.41. The van der Waals surface area contributed by atoms with Gasteiger partial charge in [-0.1, -0.05) is 15.9 Å². The quantitative estimate of drug-likeness (QED) is 0.583. The van der Waals surface area contributed by atoms with Crippen molar-refractivity contribution in [2.24, 2.45) is 0 Å². The first-order valence-corrected chi connectivity index (χ1v) is 5.14. The summed E-state index contributed by atoms with van der Waals surface area (Å²) in [6.45, 7) is 1.57. The fraction of sp³-hybridized carbons (Fsp3) is 1.00. The molecule has 0 amide bonds. The molecule has 1 aliphatic heterocycles. The number of halogens is 1. The molecule has 2 aliphatic rings. The van der Waals surface area contributed by atoms with E-state index >= 15 is 0 Å². The fourth-order valence-electron chi connectivity index (χ4n) is 1.81. The first-order chi connectivity index (χ1) is 5.31. The summed E-state index contributed by atoms with van der Waals surface area (Å²) in [5.74, 6) is -0.176. The average molecular weight is 221 g/mol. The van der Waals surface area contributed by atoms with Gasteiger partial charge in [-0.15, -0.1) is 0 Å². The Balaban J connectivity index is 1.94. The molecular weight excluding hydrogens is 208 g/mol. The van der Waals surface area contributed by atoms with Gasteiger partial charge in [0, 0.05) is 17.7 Å². The molecule has 1 saturated carbocycles. The summed E-state index contributed by atoms with van der Waals surface area (Å²) in [5.41, 5.74) is 0. The lowest BCUT2D eigenvalue weighted by Gasteiger charge is -2.33. The van der Waals surface area contributed by atoms with Crippen LogP contribution in [0, 0.1) is 0 Å². The topological polar surface area (TPSA) is 18.5 Å². The maximum atomic E-state index is 5.59. The van der Waals surface area contributed by atoms with E-state index in [0.29, 0.717) is 4.83 Å². The summed E-state index contributed by atoms with van der Waals surface area (Å²) >= 11 is 3.61. The van der Waals surface area contributed by atoms with Crippen molar-refractivity contribution in [3.05, 3.63) is 0 Å². The molecule has 0 unspecified atom stereocenters. The molecule has 2 rings (SSSR count). The zero-order valence-corrected chi connectivity index (χ0v) is 8.10.